The summed E-state index contributed by atoms with van der Waals surface area (Å²) in [6.45, 7) is 2.66. The average Bonchev–Trinajstić information content (AvgIpc) is 2.62. The zero-order chi connectivity index (χ0) is 18.1. The Balaban J connectivity index is 1.66. The van der Waals surface area contributed by atoms with Crippen molar-refractivity contribution in [3.05, 3.63) is 59.7 Å². The number of amides is 1. The van der Waals surface area contributed by atoms with Crippen LogP contribution in [0.1, 0.15) is 29.3 Å². The number of Topliss-reactive ketones (excluding diaryl/α,β-unsaturated/α-hetero) is 1. The Labute approximate surface area is 148 Å². The van der Waals surface area contributed by atoms with Crippen LogP contribution < -0.4 is 15.4 Å². The highest BCUT2D eigenvalue weighted by Gasteiger charge is 2.03. The summed E-state index contributed by atoms with van der Waals surface area (Å²) in [4.78, 5) is 23.2. The van der Waals surface area contributed by atoms with Crippen molar-refractivity contribution in [2.45, 2.75) is 19.8 Å². The van der Waals surface area contributed by atoms with Crippen LogP contribution in [0.25, 0.3) is 0 Å². The summed E-state index contributed by atoms with van der Waals surface area (Å²) < 4.78 is 5.12. The second-order valence-electron chi connectivity index (χ2n) is 5.76. The summed E-state index contributed by atoms with van der Waals surface area (Å²) >= 11 is 0. The number of benzene rings is 2. The van der Waals surface area contributed by atoms with Crippen molar-refractivity contribution in [3.63, 3.8) is 0 Å². The van der Waals surface area contributed by atoms with E-state index in [1.165, 1.54) is 6.92 Å². The molecule has 5 nitrogen and oxygen atoms in total. The third-order valence-electron chi connectivity index (χ3n) is 3.85. The molecule has 0 aliphatic rings. The minimum absolute atomic E-state index is 0.00346. The topological polar surface area (TPSA) is 67.4 Å². The van der Waals surface area contributed by atoms with Gasteiger partial charge < -0.3 is 15.4 Å². The number of hydrogen-bond acceptors (Lipinski definition) is 4. The van der Waals surface area contributed by atoms with Crippen molar-refractivity contribution in [3.8, 4) is 5.75 Å². The van der Waals surface area contributed by atoms with Crippen molar-refractivity contribution in [1.29, 1.82) is 0 Å². The zero-order valence-corrected chi connectivity index (χ0v) is 14.7. The van der Waals surface area contributed by atoms with Gasteiger partial charge in [-0.3, -0.25) is 9.59 Å². The summed E-state index contributed by atoms with van der Waals surface area (Å²) in [6, 6.07) is 15.1. The lowest BCUT2D eigenvalue weighted by molar-refractivity contribution is -0.120. The average molecular weight is 340 g/mol. The van der Waals surface area contributed by atoms with E-state index in [0.29, 0.717) is 25.1 Å². The molecule has 0 aliphatic heterocycles. The van der Waals surface area contributed by atoms with Gasteiger partial charge in [-0.1, -0.05) is 24.3 Å². The summed E-state index contributed by atoms with van der Waals surface area (Å²) in [5.41, 5.74) is 2.66. The minimum atomic E-state index is 0.00346. The van der Waals surface area contributed by atoms with Gasteiger partial charge in [0.1, 0.15) is 5.75 Å². The molecule has 25 heavy (non-hydrogen) atoms. The third kappa shape index (κ3) is 6.30. The molecule has 0 unspecified atom stereocenters. The van der Waals surface area contributed by atoms with E-state index in [1.54, 1.807) is 19.2 Å². The molecule has 0 saturated carbocycles. The largest absolute Gasteiger partial charge is 0.497 e. The van der Waals surface area contributed by atoms with Gasteiger partial charge in [-0.2, -0.15) is 0 Å². The predicted octanol–water partition coefficient (Wildman–Crippen LogP) is 3.06. The predicted molar refractivity (Wildman–Crippen MR) is 99.3 cm³/mol. The number of nitrogens with one attached hydrogen (secondary N) is 2. The fraction of sp³-hybridized carbons (Fsp3) is 0.300. The zero-order valence-electron chi connectivity index (χ0n) is 14.7. The van der Waals surface area contributed by atoms with E-state index < -0.39 is 0 Å². The standard InChI is InChI=1S/C20H24N2O3/c1-15(23)17-4-3-5-18(14-17)21-13-11-20(24)22-12-10-16-6-8-19(25-2)9-7-16/h3-9,14,21H,10-13H2,1-2H3,(H,22,24). The SMILES string of the molecule is COc1ccc(CCNC(=O)CCNc2cccc(C(C)=O)c2)cc1. The van der Waals surface area contributed by atoms with Crippen LogP contribution >= 0.6 is 0 Å². The van der Waals surface area contributed by atoms with E-state index in [9.17, 15) is 9.59 Å². The number of hydrogen-bond donors (Lipinski definition) is 2. The van der Waals surface area contributed by atoms with E-state index in [2.05, 4.69) is 10.6 Å². The van der Waals surface area contributed by atoms with Gasteiger partial charge in [0.2, 0.25) is 5.91 Å². The van der Waals surface area contributed by atoms with Crippen LogP contribution in [0.3, 0.4) is 0 Å². The molecule has 2 aromatic rings. The molecular weight excluding hydrogens is 316 g/mol. The van der Waals surface area contributed by atoms with E-state index in [0.717, 1.165) is 23.4 Å². The van der Waals surface area contributed by atoms with Crippen LogP contribution in [0.15, 0.2) is 48.5 Å². The number of methoxy groups -OCH3 is 1. The van der Waals surface area contributed by atoms with Gasteiger partial charge in [0, 0.05) is 30.8 Å². The van der Waals surface area contributed by atoms with Gasteiger partial charge in [0.25, 0.3) is 0 Å². The summed E-state index contributed by atoms with van der Waals surface area (Å²) in [6.07, 6.45) is 1.16. The van der Waals surface area contributed by atoms with E-state index in [4.69, 9.17) is 4.74 Å². The molecule has 2 rings (SSSR count). The number of anilines is 1. The molecule has 0 spiro atoms. The third-order valence-corrected chi connectivity index (χ3v) is 3.85. The molecule has 0 fully saturated rings. The second kappa shape index (κ2) is 9.47. The number of carbonyl (C=O) groups excluding carboxylic acids is 2. The Morgan fingerprint density at radius 3 is 2.48 bits per heavy atom. The van der Waals surface area contributed by atoms with Crippen LogP contribution in [0.5, 0.6) is 5.75 Å². The van der Waals surface area contributed by atoms with Crippen molar-refractivity contribution in [1.82, 2.24) is 5.32 Å². The van der Waals surface area contributed by atoms with Gasteiger partial charge in [-0.05, 0) is 43.2 Å². The summed E-state index contributed by atoms with van der Waals surface area (Å²) in [7, 11) is 1.64. The molecule has 0 heterocycles. The van der Waals surface area contributed by atoms with Crippen molar-refractivity contribution in [2.24, 2.45) is 0 Å². The number of carbonyl (C=O) groups is 2. The normalized spacial score (nSPS) is 10.2. The lowest BCUT2D eigenvalue weighted by Crippen LogP contribution is -2.27. The Kier molecular flexibility index (Phi) is 7.01. The molecule has 0 atom stereocenters. The Morgan fingerprint density at radius 1 is 1.04 bits per heavy atom. The first-order valence-corrected chi connectivity index (χ1v) is 8.33. The van der Waals surface area contributed by atoms with Crippen molar-refractivity contribution >= 4 is 17.4 Å². The van der Waals surface area contributed by atoms with Crippen LogP contribution in [-0.2, 0) is 11.2 Å². The van der Waals surface area contributed by atoms with Crippen LogP contribution in [0.4, 0.5) is 5.69 Å². The lowest BCUT2D eigenvalue weighted by Gasteiger charge is -2.09. The van der Waals surface area contributed by atoms with Crippen LogP contribution in [0.2, 0.25) is 0 Å². The number of rotatable bonds is 9. The van der Waals surface area contributed by atoms with Gasteiger partial charge in [0.05, 0.1) is 7.11 Å². The number of ketones is 1. The highest BCUT2D eigenvalue weighted by Crippen LogP contribution is 2.12. The maximum absolute atomic E-state index is 11.9. The van der Waals surface area contributed by atoms with E-state index >= 15 is 0 Å². The smallest absolute Gasteiger partial charge is 0.221 e. The molecule has 1 amide bonds. The molecule has 0 aliphatic carbocycles. The van der Waals surface area contributed by atoms with Crippen LogP contribution in [0, 0.1) is 0 Å². The van der Waals surface area contributed by atoms with Gasteiger partial charge >= 0.3 is 0 Å². The first kappa shape index (κ1) is 18.5. The summed E-state index contributed by atoms with van der Waals surface area (Å²) in [5.74, 6) is 0.858. The Morgan fingerprint density at radius 2 is 1.80 bits per heavy atom. The van der Waals surface area contributed by atoms with E-state index in [1.807, 2.05) is 36.4 Å². The molecule has 2 N–H and O–H groups in total. The van der Waals surface area contributed by atoms with Crippen molar-refractivity contribution in [2.75, 3.05) is 25.5 Å². The first-order chi connectivity index (χ1) is 12.1. The fourth-order valence-electron chi connectivity index (χ4n) is 2.40. The Hall–Kier alpha value is -2.82. The highest BCUT2D eigenvalue weighted by atomic mass is 16.5. The molecule has 132 valence electrons. The Bertz CT molecular complexity index is 711. The molecule has 2 aromatic carbocycles. The van der Waals surface area contributed by atoms with Gasteiger partial charge in [-0.25, -0.2) is 0 Å². The minimum Gasteiger partial charge on any atom is -0.497 e. The molecule has 5 heteroatoms. The molecule has 0 bridgehead atoms. The first-order valence-electron chi connectivity index (χ1n) is 8.33. The monoisotopic (exact) mass is 340 g/mol. The summed E-state index contributed by atoms with van der Waals surface area (Å²) in [5, 5.41) is 6.08. The maximum Gasteiger partial charge on any atom is 0.221 e. The van der Waals surface area contributed by atoms with E-state index in [-0.39, 0.29) is 11.7 Å². The van der Waals surface area contributed by atoms with Crippen LogP contribution in [-0.4, -0.2) is 31.9 Å². The van der Waals surface area contributed by atoms with Gasteiger partial charge in [-0.15, -0.1) is 0 Å². The lowest BCUT2D eigenvalue weighted by atomic mass is 10.1. The maximum atomic E-state index is 11.9. The molecule has 0 aromatic heterocycles. The highest BCUT2D eigenvalue weighted by molar-refractivity contribution is 5.94. The van der Waals surface area contributed by atoms with Gasteiger partial charge in [0.15, 0.2) is 5.78 Å². The fourth-order valence-corrected chi connectivity index (χ4v) is 2.40. The molecular formula is C20H24N2O3. The molecule has 0 saturated heterocycles. The number of ether oxygens (including phenoxy) is 1. The molecule has 0 radical (unpaired) electrons. The second-order valence-corrected chi connectivity index (χ2v) is 5.76. The quantitative estimate of drug-likeness (QED) is 0.689. The van der Waals surface area contributed by atoms with Crippen molar-refractivity contribution < 1.29 is 14.3 Å².